The summed E-state index contributed by atoms with van der Waals surface area (Å²) in [6.45, 7) is 8.03. The lowest BCUT2D eigenvalue weighted by Crippen LogP contribution is -2.40. The molecule has 0 atom stereocenters. The number of aromatic nitrogens is 2. The van der Waals surface area contributed by atoms with Crippen LogP contribution in [0.4, 0.5) is 0 Å². The minimum absolute atomic E-state index is 0.268. The zero-order valence-corrected chi connectivity index (χ0v) is 17.6. The summed E-state index contributed by atoms with van der Waals surface area (Å²) in [6, 6.07) is 8.27. The predicted octanol–water partition coefficient (Wildman–Crippen LogP) is 3.31. The maximum absolute atomic E-state index is 6.08. The molecular formula is C22H34N4O2. The minimum Gasteiger partial charge on any atom is -0.490 e. The lowest BCUT2D eigenvalue weighted by atomic mass is 9.91. The van der Waals surface area contributed by atoms with Gasteiger partial charge in [0.25, 0.3) is 0 Å². The summed E-state index contributed by atoms with van der Waals surface area (Å²) in [5.41, 5.74) is 3.32. The number of aromatic amines is 1. The molecule has 0 radical (unpaired) electrons. The fraction of sp³-hybridized carbons (Fsp3) is 0.591. The number of H-pyrrole nitrogens is 1. The summed E-state index contributed by atoms with van der Waals surface area (Å²) in [5.74, 6) is 1.50. The van der Waals surface area contributed by atoms with Crippen molar-refractivity contribution in [2.45, 2.75) is 45.4 Å². The summed E-state index contributed by atoms with van der Waals surface area (Å²) >= 11 is 0. The molecule has 6 nitrogen and oxygen atoms in total. The second kappa shape index (κ2) is 10.0. The van der Waals surface area contributed by atoms with Crippen molar-refractivity contribution in [1.29, 1.82) is 0 Å². The normalized spacial score (nSPS) is 19.2. The van der Waals surface area contributed by atoms with Crippen molar-refractivity contribution in [2.24, 2.45) is 5.92 Å². The molecule has 0 spiro atoms. The number of likely N-dealkylation sites (N-methyl/N-ethyl adjacent to an activating group) is 2. The Morgan fingerprint density at radius 2 is 1.96 bits per heavy atom. The Kier molecular flexibility index (Phi) is 7.48. The van der Waals surface area contributed by atoms with Crippen molar-refractivity contribution in [1.82, 2.24) is 20.4 Å². The van der Waals surface area contributed by atoms with Crippen LogP contribution in [0.3, 0.4) is 0 Å². The van der Waals surface area contributed by atoms with Crippen molar-refractivity contribution >= 4 is 0 Å². The first-order valence-electron chi connectivity index (χ1n) is 10.3. The summed E-state index contributed by atoms with van der Waals surface area (Å²) in [7, 11) is 4.10. The van der Waals surface area contributed by atoms with Gasteiger partial charge in [-0.2, -0.15) is 5.10 Å². The third-order valence-electron chi connectivity index (χ3n) is 5.05. The second-order valence-corrected chi connectivity index (χ2v) is 8.19. The molecule has 1 aliphatic carbocycles. The van der Waals surface area contributed by atoms with E-state index in [1.807, 2.05) is 25.4 Å². The second-order valence-electron chi connectivity index (χ2n) is 8.19. The maximum atomic E-state index is 6.08. The van der Waals surface area contributed by atoms with E-state index in [1.54, 1.807) is 0 Å². The van der Waals surface area contributed by atoms with Gasteiger partial charge in [0, 0.05) is 56.4 Å². The van der Waals surface area contributed by atoms with Crippen LogP contribution in [0.5, 0.6) is 5.75 Å². The van der Waals surface area contributed by atoms with E-state index in [0.29, 0.717) is 12.0 Å². The molecule has 1 fully saturated rings. The number of ether oxygens (including phenoxy) is 2. The molecule has 0 bridgehead atoms. The molecule has 3 rings (SSSR count). The number of hydrogen-bond acceptors (Lipinski definition) is 5. The average molecular weight is 387 g/mol. The van der Waals surface area contributed by atoms with Crippen LogP contribution in [0.25, 0.3) is 11.3 Å². The molecule has 6 heteroatoms. The van der Waals surface area contributed by atoms with E-state index in [1.165, 1.54) is 5.56 Å². The van der Waals surface area contributed by atoms with Crippen molar-refractivity contribution in [2.75, 3.05) is 33.8 Å². The van der Waals surface area contributed by atoms with Gasteiger partial charge in [-0.15, -0.1) is 0 Å². The number of nitrogens with zero attached hydrogens (tertiary/aromatic N) is 2. The molecule has 0 amide bonds. The Balaban J connectivity index is 1.51. The molecule has 2 aromatic rings. The molecule has 1 aromatic carbocycles. The quantitative estimate of drug-likeness (QED) is 0.620. The topological polar surface area (TPSA) is 62.4 Å². The van der Waals surface area contributed by atoms with Gasteiger partial charge in [-0.05, 0) is 44.3 Å². The van der Waals surface area contributed by atoms with Crippen molar-refractivity contribution in [3.05, 3.63) is 36.0 Å². The van der Waals surface area contributed by atoms with Gasteiger partial charge in [-0.25, -0.2) is 0 Å². The molecule has 0 unspecified atom stereocenters. The molecule has 1 saturated carbocycles. The van der Waals surface area contributed by atoms with Crippen LogP contribution >= 0.6 is 0 Å². The van der Waals surface area contributed by atoms with Gasteiger partial charge >= 0.3 is 0 Å². The molecule has 1 heterocycles. The molecule has 0 saturated heterocycles. The van der Waals surface area contributed by atoms with Crippen LogP contribution < -0.4 is 10.1 Å². The van der Waals surface area contributed by atoms with Gasteiger partial charge in [0.05, 0.1) is 11.8 Å². The van der Waals surface area contributed by atoms with E-state index in [0.717, 1.165) is 56.1 Å². The van der Waals surface area contributed by atoms with Crippen LogP contribution in [0.15, 0.2) is 30.5 Å². The Morgan fingerprint density at radius 3 is 2.64 bits per heavy atom. The summed E-state index contributed by atoms with van der Waals surface area (Å²) in [6.07, 6.45) is 4.58. The molecule has 28 heavy (non-hydrogen) atoms. The van der Waals surface area contributed by atoms with Crippen LogP contribution in [0, 0.1) is 5.92 Å². The number of hydrogen-bond donors (Lipinski definition) is 2. The monoisotopic (exact) mass is 386 g/mol. The van der Waals surface area contributed by atoms with E-state index in [4.69, 9.17) is 9.47 Å². The highest BCUT2D eigenvalue weighted by Crippen LogP contribution is 2.30. The Bertz CT molecular complexity index is 708. The zero-order valence-electron chi connectivity index (χ0n) is 17.6. The summed E-state index contributed by atoms with van der Waals surface area (Å²) in [5, 5.41) is 10.7. The zero-order chi connectivity index (χ0) is 19.9. The smallest absolute Gasteiger partial charge is 0.119 e. The van der Waals surface area contributed by atoms with E-state index >= 15 is 0 Å². The Morgan fingerprint density at radius 1 is 1.21 bits per heavy atom. The molecular weight excluding hydrogens is 352 g/mol. The highest BCUT2D eigenvalue weighted by atomic mass is 16.5. The van der Waals surface area contributed by atoms with Gasteiger partial charge < -0.3 is 19.7 Å². The molecule has 0 aliphatic heterocycles. The molecule has 1 aromatic heterocycles. The van der Waals surface area contributed by atoms with Gasteiger partial charge in [0.15, 0.2) is 0 Å². The van der Waals surface area contributed by atoms with Gasteiger partial charge in [-0.1, -0.05) is 13.8 Å². The highest BCUT2D eigenvalue weighted by Gasteiger charge is 2.31. The first-order valence-corrected chi connectivity index (χ1v) is 10.3. The van der Waals surface area contributed by atoms with Gasteiger partial charge in [0.1, 0.15) is 11.9 Å². The van der Waals surface area contributed by atoms with Crippen molar-refractivity contribution in [3.8, 4) is 17.0 Å². The Labute approximate surface area is 168 Å². The third kappa shape index (κ3) is 5.80. The van der Waals surface area contributed by atoms with Crippen LogP contribution in [-0.2, 0) is 11.3 Å². The first kappa shape index (κ1) is 20.8. The molecule has 2 N–H and O–H groups in total. The largest absolute Gasteiger partial charge is 0.490 e. The third-order valence-corrected chi connectivity index (χ3v) is 5.05. The number of nitrogens with one attached hydrogen (secondary N) is 2. The van der Waals surface area contributed by atoms with Crippen LogP contribution in [0.1, 0.15) is 32.3 Å². The fourth-order valence-corrected chi connectivity index (χ4v) is 3.32. The van der Waals surface area contributed by atoms with Gasteiger partial charge in [0.2, 0.25) is 0 Å². The summed E-state index contributed by atoms with van der Waals surface area (Å²) < 4.78 is 11.9. The Hall–Kier alpha value is -1.89. The maximum Gasteiger partial charge on any atom is 0.119 e. The standard InChI is InChI=1S/C22H34N4O2/c1-16(2)15-27-20-11-21(12-20)28-19-7-5-17(6-8-19)22-18(13-24-25-22)14-26(4)10-9-23-3/h5-8,13,16,20-21,23H,9-12,14-15H2,1-4H3,(H,24,25). The number of benzene rings is 1. The minimum atomic E-state index is 0.268. The van der Waals surface area contributed by atoms with E-state index in [-0.39, 0.29) is 6.10 Å². The van der Waals surface area contributed by atoms with Crippen LogP contribution in [0.2, 0.25) is 0 Å². The molecule has 1 aliphatic rings. The van der Waals surface area contributed by atoms with Crippen LogP contribution in [-0.4, -0.2) is 61.1 Å². The summed E-state index contributed by atoms with van der Waals surface area (Å²) in [4.78, 5) is 2.29. The SMILES string of the molecule is CNCCN(C)Cc1c[nH]nc1-c1ccc(OC2CC(OCC(C)C)C2)cc1. The van der Waals surface area contributed by atoms with Crippen molar-refractivity contribution < 1.29 is 9.47 Å². The molecule has 154 valence electrons. The van der Waals surface area contributed by atoms with E-state index in [9.17, 15) is 0 Å². The lowest BCUT2D eigenvalue weighted by Gasteiger charge is -2.35. The van der Waals surface area contributed by atoms with E-state index < -0.39 is 0 Å². The number of rotatable bonds is 11. The highest BCUT2D eigenvalue weighted by molar-refractivity contribution is 5.63. The average Bonchev–Trinajstić information content (AvgIpc) is 3.10. The van der Waals surface area contributed by atoms with Crippen molar-refractivity contribution in [3.63, 3.8) is 0 Å². The van der Waals surface area contributed by atoms with E-state index in [2.05, 4.69) is 53.4 Å². The van der Waals surface area contributed by atoms with Gasteiger partial charge in [-0.3, -0.25) is 5.10 Å². The predicted molar refractivity (Wildman–Crippen MR) is 113 cm³/mol. The lowest BCUT2D eigenvalue weighted by molar-refractivity contribution is -0.0682. The first-order chi connectivity index (χ1) is 13.5. The fourth-order valence-electron chi connectivity index (χ4n) is 3.32.